The van der Waals surface area contributed by atoms with Gasteiger partial charge in [0.15, 0.2) is 5.84 Å². The molecule has 6 N–H and O–H groups in total. The molecule has 260 valence electrons. The lowest BCUT2D eigenvalue weighted by Gasteiger charge is -2.32. The summed E-state index contributed by atoms with van der Waals surface area (Å²) in [5.41, 5.74) is 15.8. The van der Waals surface area contributed by atoms with Crippen LogP contribution in [-0.2, 0) is 22.7 Å². The Morgan fingerprint density at radius 1 is 1.37 bits per heavy atom. The number of thiophene rings is 1. The van der Waals surface area contributed by atoms with E-state index < -0.39 is 5.82 Å². The molecular formula is C36H44FN7O3S2. The summed E-state index contributed by atoms with van der Waals surface area (Å²) < 4.78 is 27.5. The van der Waals surface area contributed by atoms with Crippen LogP contribution >= 0.6 is 23.6 Å². The first kappa shape index (κ1) is 36.4. The smallest absolute Gasteiger partial charge is 0.156 e. The maximum atomic E-state index is 15.0. The van der Waals surface area contributed by atoms with Gasteiger partial charge in [0.2, 0.25) is 0 Å². The fourth-order valence-electron chi connectivity index (χ4n) is 7.48. The van der Waals surface area contributed by atoms with Crippen molar-refractivity contribution in [2.24, 2.45) is 21.6 Å². The van der Waals surface area contributed by atoms with E-state index in [1.54, 1.807) is 19.1 Å². The van der Waals surface area contributed by atoms with Gasteiger partial charge in [-0.2, -0.15) is 5.26 Å². The van der Waals surface area contributed by atoms with Crippen LogP contribution in [0.2, 0.25) is 0 Å². The van der Waals surface area contributed by atoms with Crippen molar-refractivity contribution in [2.75, 3.05) is 44.0 Å². The molecular weight excluding hydrogens is 662 g/mol. The Hall–Kier alpha value is -3.93. The normalized spacial score (nSPS) is 20.4. The number of rotatable bonds is 10. The molecule has 3 aromatic rings. The molecule has 2 fully saturated rings. The minimum absolute atomic E-state index is 0.0226. The molecule has 2 saturated heterocycles. The Morgan fingerprint density at radius 3 is 2.84 bits per heavy atom. The number of nitriles is 1. The highest BCUT2D eigenvalue weighted by Gasteiger charge is 2.47. The first-order chi connectivity index (χ1) is 23.6. The molecule has 0 spiro atoms. The predicted octanol–water partition coefficient (Wildman–Crippen LogP) is 6.86. The summed E-state index contributed by atoms with van der Waals surface area (Å²) in [6, 6.07) is 5.01. The van der Waals surface area contributed by atoms with Gasteiger partial charge in [0.05, 0.1) is 47.9 Å². The molecule has 3 aliphatic rings. The second-order valence-corrected chi connectivity index (χ2v) is 14.2. The van der Waals surface area contributed by atoms with Crippen molar-refractivity contribution in [3.05, 3.63) is 52.0 Å². The summed E-state index contributed by atoms with van der Waals surface area (Å²) >= 11 is 6.45. The van der Waals surface area contributed by atoms with Crippen molar-refractivity contribution in [1.82, 2.24) is 4.90 Å². The number of nitrogens with two attached hydrogens (primary N) is 2. The topological polar surface area (TPSA) is 155 Å². The summed E-state index contributed by atoms with van der Waals surface area (Å²) in [5.74, 6) is 0.233. The highest BCUT2D eigenvalue weighted by Crippen LogP contribution is 2.50. The van der Waals surface area contributed by atoms with Crippen molar-refractivity contribution in [2.45, 2.75) is 65.7 Å². The molecule has 2 atom stereocenters. The molecule has 2 aromatic carbocycles. The molecule has 6 rings (SSSR count). The van der Waals surface area contributed by atoms with E-state index >= 15 is 4.39 Å². The second-order valence-electron chi connectivity index (χ2n) is 12.6. The number of benzene rings is 2. The van der Waals surface area contributed by atoms with Gasteiger partial charge in [-0.05, 0) is 74.2 Å². The molecule has 0 radical (unpaired) electrons. The van der Waals surface area contributed by atoms with Gasteiger partial charge in [-0.15, -0.1) is 11.3 Å². The number of amidine groups is 1. The minimum Gasteiger partial charge on any atom is -0.505 e. The number of nitrogens with zero attached hydrogens (tertiary/aromatic N) is 4. The molecule has 49 heavy (non-hydrogen) atoms. The quantitative estimate of drug-likeness (QED) is 0.0337. The molecule has 3 aliphatic heterocycles. The van der Waals surface area contributed by atoms with Crippen molar-refractivity contribution in [1.29, 1.82) is 5.26 Å². The zero-order valence-corrected chi connectivity index (χ0v) is 30.1. The zero-order valence-electron chi connectivity index (χ0n) is 28.5. The minimum atomic E-state index is -0.498. The molecule has 0 aliphatic carbocycles. The molecule has 2 unspecified atom stereocenters. The number of allylic oxidation sites excluding steroid dienone is 1. The van der Waals surface area contributed by atoms with Gasteiger partial charge < -0.3 is 31.4 Å². The molecule has 13 heteroatoms. The summed E-state index contributed by atoms with van der Waals surface area (Å²) in [6.07, 6.45) is 4.99. The van der Waals surface area contributed by atoms with E-state index in [0.717, 1.165) is 49.3 Å². The largest absolute Gasteiger partial charge is 0.505 e. The Kier molecular flexibility index (Phi) is 11.4. The van der Waals surface area contributed by atoms with Gasteiger partial charge in [-0.25, -0.2) is 9.38 Å². The number of thiocarbonyl (C=S) groups is 1. The van der Waals surface area contributed by atoms with E-state index in [0.29, 0.717) is 56.4 Å². The number of aromatic hydroxyl groups is 1. The van der Waals surface area contributed by atoms with E-state index in [1.807, 2.05) is 13.8 Å². The monoisotopic (exact) mass is 705 g/mol. The van der Waals surface area contributed by atoms with E-state index in [-0.39, 0.29) is 58.9 Å². The van der Waals surface area contributed by atoms with Crippen LogP contribution in [-0.4, -0.2) is 65.9 Å². The molecule has 0 saturated carbocycles. The summed E-state index contributed by atoms with van der Waals surface area (Å²) in [6.45, 7) is 15.1. The summed E-state index contributed by atoms with van der Waals surface area (Å²) in [4.78, 5) is 12.0. The van der Waals surface area contributed by atoms with Gasteiger partial charge >= 0.3 is 0 Å². The second kappa shape index (κ2) is 15.3. The number of aliphatic imine (C=N–C) groups is 2. The Bertz CT molecular complexity index is 1880. The maximum absolute atomic E-state index is 15.0. The van der Waals surface area contributed by atoms with E-state index in [2.05, 4.69) is 39.9 Å². The zero-order chi connectivity index (χ0) is 35.5. The third kappa shape index (κ3) is 6.93. The number of fused-ring (bicyclic) bond motifs is 3. The highest BCUT2D eigenvalue weighted by molar-refractivity contribution is 7.80. The van der Waals surface area contributed by atoms with E-state index in [9.17, 15) is 10.4 Å². The van der Waals surface area contributed by atoms with E-state index in [4.69, 9.17) is 33.2 Å². The van der Waals surface area contributed by atoms with Crippen molar-refractivity contribution in [3.8, 4) is 22.9 Å². The third-order valence-corrected chi connectivity index (χ3v) is 10.5. The van der Waals surface area contributed by atoms with Crippen LogP contribution in [0.15, 0.2) is 33.9 Å². The number of anilines is 2. The fraction of sp³-hybridized carbons (Fsp3) is 0.444. The molecule has 0 bridgehead atoms. The van der Waals surface area contributed by atoms with Crippen LogP contribution < -0.4 is 16.8 Å². The summed E-state index contributed by atoms with van der Waals surface area (Å²) in [7, 11) is 0. The number of phenols is 1. The number of hydrogen-bond donors (Lipinski definition) is 4. The Labute approximate surface area is 296 Å². The average molecular weight is 706 g/mol. The SMILES string of the molecule is C=NC(=NCC(=S)/C=C(/C)N)c1c2c(c(-c3ccc(F)c4sc(N)c(C#N)c34)c(O)c1NCOCC13CCCN1CC(C)C3)COC2.CC. The van der Waals surface area contributed by atoms with Gasteiger partial charge in [0.1, 0.15) is 29.4 Å². The van der Waals surface area contributed by atoms with Gasteiger partial charge in [0, 0.05) is 33.6 Å². The Morgan fingerprint density at radius 2 is 2.12 bits per heavy atom. The van der Waals surface area contributed by atoms with Gasteiger partial charge in [-0.1, -0.05) is 39.1 Å². The van der Waals surface area contributed by atoms with E-state index in [1.165, 1.54) is 6.07 Å². The van der Waals surface area contributed by atoms with Crippen LogP contribution in [0.3, 0.4) is 0 Å². The van der Waals surface area contributed by atoms with Crippen LogP contribution in [0, 0.1) is 23.1 Å². The number of nitrogens with one attached hydrogen (secondary N) is 1. The van der Waals surface area contributed by atoms with Crippen molar-refractivity contribution < 1.29 is 19.0 Å². The third-order valence-electron chi connectivity index (χ3n) is 9.25. The predicted molar refractivity (Wildman–Crippen MR) is 201 cm³/mol. The molecule has 1 aromatic heterocycles. The number of ether oxygens (including phenoxy) is 2. The van der Waals surface area contributed by atoms with Crippen LogP contribution in [0.4, 0.5) is 15.1 Å². The maximum Gasteiger partial charge on any atom is 0.156 e. The fourth-order valence-corrected chi connectivity index (χ4v) is 8.68. The lowest BCUT2D eigenvalue weighted by Crippen LogP contribution is -2.42. The number of phenolic OH excluding ortho intramolecular Hbond substituents is 1. The van der Waals surface area contributed by atoms with Crippen LogP contribution in [0.5, 0.6) is 5.75 Å². The first-order valence-electron chi connectivity index (χ1n) is 16.5. The number of nitrogen functional groups attached to an aromatic ring is 1. The summed E-state index contributed by atoms with van der Waals surface area (Å²) in [5, 5.41) is 26.0. The van der Waals surface area contributed by atoms with Crippen LogP contribution in [0.25, 0.3) is 21.2 Å². The lowest BCUT2D eigenvalue weighted by molar-refractivity contribution is 0.0438. The van der Waals surface area contributed by atoms with Gasteiger partial charge in [-0.3, -0.25) is 9.89 Å². The van der Waals surface area contributed by atoms with Crippen molar-refractivity contribution >= 4 is 61.7 Å². The number of hydrogen-bond acceptors (Lipinski definition) is 11. The highest BCUT2D eigenvalue weighted by atomic mass is 32.1. The standard InChI is InChI=1S/C34H38FN7O3S2.C2H6/c1-18-10-34(7-4-8-42(34)13-18)16-45-17-41-29-28(33(39-3)40-12-20(46)9-19(2)37)24-15-44-14-23(24)26(30(29)43)21-5-6-25(35)31-27(21)22(11-36)32(38)47-31;1-2/h5-6,9,18,41,43H,3-4,7-8,10,12-17,37-38H2,1-2H3;1-2H3/b19-9-,40-33?;. The average Bonchev–Trinajstić information content (AvgIpc) is 3.84. The molecule has 10 nitrogen and oxygen atoms in total. The van der Waals surface area contributed by atoms with Crippen molar-refractivity contribution in [3.63, 3.8) is 0 Å². The van der Waals surface area contributed by atoms with Gasteiger partial charge in [0.25, 0.3) is 0 Å². The molecule has 0 amide bonds. The molecule has 4 heterocycles. The lowest BCUT2D eigenvalue weighted by atomic mass is 9.88. The number of halogens is 1. The Balaban J connectivity index is 0.00000230. The van der Waals surface area contributed by atoms with Crippen LogP contribution in [0.1, 0.15) is 69.2 Å². The first-order valence-corrected chi connectivity index (χ1v) is 17.7.